The molecule has 1 unspecified atom stereocenters. The smallest absolute Gasteiger partial charge is 0.407 e. The van der Waals surface area contributed by atoms with Crippen molar-refractivity contribution in [3.8, 4) is 0 Å². The molecule has 2 saturated carbocycles. The van der Waals surface area contributed by atoms with E-state index in [9.17, 15) is 39.3 Å². The molecular weight excluding hydrogens is 794 g/mol. The number of fused-ring (bicyclic) bond motifs is 5. The molecule has 2 bridgehead atoms. The maximum atomic E-state index is 15.4. The zero-order chi connectivity index (χ0) is 44.7. The number of benzene rings is 2. The molecule has 6 rings (SSSR count). The summed E-state index contributed by atoms with van der Waals surface area (Å²) in [6, 6.07) is 14.6. The van der Waals surface area contributed by atoms with Crippen molar-refractivity contribution in [3.63, 3.8) is 0 Å². The first-order chi connectivity index (χ1) is 28.7. The van der Waals surface area contributed by atoms with E-state index < -0.39 is 113 Å². The topological polar surface area (TPSA) is 231 Å². The minimum atomic E-state index is -2.39. The monoisotopic (exact) mass is 849 g/mol. The highest BCUT2D eigenvalue weighted by Crippen LogP contribution is 2.64. The summed E-state index contributed by atoms with van der Waals surface area (Å²) in [4.78, 5) is 82.7. The number of aliphatic hydroxyl groups excluding tert-OH is 2. The standard InChI is InChI=1S/C45H55NO15/c1-8-9-20-56-41(54)46-33(27-16-12-10-13-17-27)34(50)40(53)59-29-22-45(55)38(60-39(52)28-18-14-11-15-19-28)36-43(7,30(49)21-31-44(36,23-57-31)61-26(4)48)37(51)35(58-25(3)47)32(24(29)2)42(45,5)6/h10-19,29-31,33-36,38,49-50,55H,8-9,20-23H2,1-7H3,(H,46,54)/t29-,30-,31+,33-,34-,35+,36?,38-,43+,44-,45+/m0/s1. The van der Waals surface area contributed by atoms with E-state index in [1.807, 2.05) is 6.92 Å². The lowest BCUT2D eigenvalue weighted by Crippen LogP contribution is -2.82. The molecule has 2 aromatic carbocycles. The average Bonchev–Trinajstić information content (AvgIpc) is 3.21. The lowest BCUT2D eigenvalue weighted by Gasteiger charge is -2.67. The lowest BCUT2D eigenvalue weighted by molar-refractivity contribution is -0.346. The number of amides is 1. The molecule has 1 heterocycles. The number of nitrogens with one attached hydrogen (secondary N) is 1. The van der Waals surface area contributed by atoms with Crippen molar-refractivity contribution >= 4 is 35.8 Å². The van der Waals surface area contributed by atoms with Crippen LogP contribution in [0.4, 0.5) is 4.79 Å². The number of unbranched alkanes of at least 4 members (excludes halogenated alkanes) is 1. The van der Waals surface area contributed by atoms with Crippen molar-refractivity contribution in [3.05, 3.63) is 82.9 Å². The first-order valence-corrected chi connectivity index (χ1v) is 20.5. The molecule has 11 atom stereocenters. The van der Waals surface area contributed by atoms with Crippen LogP contribution in [-0.4, -0.2) is 112 Å². The van der Waals surface area contributed by atoms with Gasteiger partial charge in [-0.05, 0) is 49.1 Å². The van der Waals surface area contributed by atoms with E-state index in [0.29, 0.717) is 12.0 Å². The van der Waals surface area contributed by atoms with Gasteiger partial charge in [0.15, 0.2) is 23.6 Å². The number of hydrogen-bond donors (Lipinski definition) is 4. The fourth-order valence-corrected chi connectivity index (χ4v) is 9.85. The van der Waals surface area contributed by atoms with Crippen molar-refractivity contribution in [2.45, 2.75) is 128 Å². The van der Waals surface area contributed by atoms with Gasteiger partial charge in [-0.2, -0.15) is 0 Å². The van der Waals surface area contributed by atoms with E-state index >= 15 is 4.79 Å². The Morgan fingerprint density at radius 3 is 2.15 bits per heavy atom. The lowest BCUT2D eigenvalue weighted by atomic mass is 9.44. The summed E-state index contributed by atoms with van der Waals surface area (Å²) in [6.07, 6.45) is -10.1. The average molecular weight is 850 g/mol. The number of Topliss-reactive ketones (excluding diaryl/α,β-unsaturated/α-hetero) is 1. The maximum absolute atomic E-state index is 15.4. The molecule has 330 valence electrons. The number of esters is 4. The van der Waals surface area contributed by atoms with Crippen LogP contribution in [0.15, 0.2) is 71.8 Å². The number of carbonyl (C=O) groups is 6. The van der Waals surface area contributed by atoms with Crippen LogP contribution in [0.2, 0.25) is 0 Å². The normalized spacial score (nSPS) is 32.2. The van der Waals surface area contributed by atoms with Gasteiger partial charge >= 0.3 is 30.0 Å². The molecule has 61 heavy (non-hydrogen) atoms. The van der Waals surface area contributed by atoms with E-state index in [0.717, 1.165) is 20.3 Å². The van der Waals surface area contributed by atoms with Gasteiger partial charge in [-0.3, -0.25) is 14.4 Å². The Morgan fingerprint density at radius 2 is 1.57 bits per heavy atom. The maximum Gasteiger partial charge on any atom is 0.407 e. The number of rotatable bonds is 12. The van der Waals surface area contributed by atoms with E-state index in [2.05, 4.69) is 5.32 Å². The van der Waals surface area contributed by atoms with Crippen molar-refractivity contribution < 1.29 is 72.5 Å². The molecule has 1 amide bonds. The number of carbonyl (C=O) groups excluding carboxylic acids is 6. The SMILES string of the molecule is CCCCOC(=O)N[C@@H](c1ccccc1)[C@H](O)C(=O)O[C@H]1C[C@@]2(O)[C@@H](OC(=O)c3ccccc3)C3[C@](C)(C(=O)[C@H](OC(C)=O)C(=C1C)C2(C)C)[C@@H](O)C[C@H]1OC[C@@]31OC(C)=O. The zero-order valence-electron chi connectivity index (χ0n) is 35.4. The fourth-order valence-electron chi connectivity index (χ4n) is 9.85. The second-order valence-electron chi connectivity index (χ2n) is 17.1. The Bertz CT molecular complexity index is 2050. The molecule has 16 heteroatoms. The first kappa shape index (κ1) is 45.4. The minimum Gasteiger partial charge on any atom is -0.456 e. The number of ketones is 1. The number of ether oxygens (including phenoxy) is 6. The summed E-state index contributed by atoms with van der Waals surface area (Å²) in [5.74, 6) is -6.27. The van der Waals surface area contributed by atoms with Crippen molar-refractivity contribution in [1.29, 1.82) is 0 Å². The predicted octanol–water partition coefficient (Wildman–Crippen LogP) is 3.83. The van der Waals surface area contributed by atoms with Gasteiger partial charge in [0, 0.05) is 32.1 Å². The molecule has 3 fully saturated rings. The number of alkyl carbamates (subject to hydrolysis) is 1. The Kier molecular flexibility index (Phi) is 12.9. The molecule has 0 spiro atoms. The predicted molar refractivity (Wildman–Crippen MR) is 213 cm³/mol. The Labute approximate surface area is 353 Å². The summed E-state index contributed by atoms with van der Waals surface area (Å²) in [5.41, 5.74) is -7.32. The molecule has 4 aliphatic rings. The molecule has 2 aromatic rings. The molecular formula is C45H55NO15. The van der Waals surface area contributed by atoms with Gasteiger partial charge in [-0.1, -0.05) is 75.7 Å². The molecule has 3 aliphatic carbocycles. The van der Waals surface area contributed by atoms with Crippen LogP contribution < -0.4 is 5.32 Å². The third-order valence-corrected chi connectivity index (χ3v) is 13.2. The summed E-state index contributed by atoms with van der Waals surface area (Å²) in [6.45, 7) is 9.95. The Morgan fingerprint density at radius 1 is 0.934 bits per heavy atom. The minimum absolute atomic E-state index is 0.00729. The summed E-state index contributed by atoms with van der Waals surface area (Å²) in [5, 5.41) is 39.9. The number of aliphatic hydroxyl groups is 3. The van der Waals surface area contributed by atoms with E-state index in [1.54, 1.807) is 62.4 Å². The van der Waals surface area contributed by atoms with Crippen molar-refractivity contribution in [1.82, 2.24) is 5.32 Å². The Balaban J connectivity index is 1.52. The fraction of sp³-hybridized carbons (Fsp3) is 0.556. The highest BCUT2D eigenvalue weighted by atomic mass is 16.6. The van der Waals surface area contributed by atoms with Crippen LogP contribution in [0.3, 0.4) is 0 Å². The van der Waals surface area contributed by atoms with Gasteiger partial charge in [0.25, 0.3) is 0 Å². The van der Waals surface area contributed by atoms with Crippen LogP contribution >= 0.6 is 0 Å². The van der Waals surface area contributed by atoms with Gasteiger partial charge in [-0.25, -0.2) is 14.4 Å². The number of hydrogen-bond acceptors (Lipinski definition) is 15. The molecule has 16 nitrogen and oxygen atoms in total. The van der Waals surface area contributed by atoms with Crippen molar-refractivity contribution in [2.24, 2.45) is 16.7 Å². The van der Waals surface area contributed by atoms with Gasteiger partial charge in [0.1, 0.15) is 23.9 Å². The molecule has 1 aliphatic heterocycles. The third kappa shape index (κ3) is 7.94. The van der Waals surface area contributed by atoms with Crippen LogP contribution in [-0.2, 0) is 47.6 Å². The summed E-state index contributed by atoms with van der Waals surface area (Å²) in [7, 11) is 0. The molecule has 1 saturated heterocycles. The van der Waals surface area contributed by atoms with Crippen LogP contribution in [0.1, 0.15) is 96.1 Å². The highest BCUT2D eigenvalue weighted by Gasteiger charge is 2.78. The quantitative estimate of drug-likeness (QED) is 0.103. The summed E-state index contributed by atoms with van der Waals surface area (Å²) >= 11 is 0. The van der Waals surface area contributed by atoms with E-state index in [1.165, 1.54) is 26.0 Å². The third-order valence-electron chi connectivity index (χ3n) is 13.2. The van der Waals surface area contributed by atoms with Gasteiger partial charge in [0.2, 0.25) is 0 Å². The first-order valence-electron chi connectivity index (χ1n) is 20.5. The largest absolute Gasteiger partial charge is 0.456 e. The Hall–Kier alpha value is -5.16. The van der Waals surface area contributed by atoms with Crippen LogP contribution in [0, 0.1) is 16.7 Å². The highest BCUT2D eigenvalue weighted by molar-refractivity contribution is 5.95. The molecule has 0 radical (unpaired) electrons. The molecule has 4 N–H and O–H groups in total. The van der Waals surface area contributed by atoms with Gasteiger partial charge < -0.3 is 49.1 Å². The summed E-state index contributed by atoms with van der Waals surface area (Å²) < 4.78 is 35.4. The van der Waals surface area contributed by atoms with Crippen molar-refractivity contribution in [2.75, 3.05) is 13.2 Å². The second kappa shape index (κ2) is 17.3. The van der Waals surface area contributed by atoms with Gasteiger partial charge in [0.05, 0.1) is 42.3 Å². The second-order valence-corrected chi connectivity index (χ2v) is 17.1. The van der Waals surface area contributed by atoms with E-state index in [4.69, 9.17) is 28.4 Å². The molecule has 0 aromatic heterocycles. The van der Waals surface area contributed by atoms with Crippen LogP contribution in [0.25, 0.3) is 0 Å². The van der Waals surface area contributed by atoms with E-state index in [-0.39, 0.29) is 36.3 Å². The van der Waals surface area contributed by atoms with Crippen LogP contribution in [0.5, 0.6) is 0 Å². The van der Waals surface area contributed by atoms with Gasteiger partial charge in [-0.15, -0.1) is 0 Å². The zero-order valence-corrected chi connectivity index (χ0v) is 35.4.